The van der Waals surface area contributed by atoms with E-state index in [1.165, 1.54) is 6.26 Å². The van der Waals surface area contributed by atoms with Crippen LogP contribution in [0, 0.1) is 0 Å². The minimum absolute atomic E-state index is 0.305. The smallest absolute Gasteiger partial charge is 0.434 e. The van der Waals surface area contributed by atoms with Gasteiger partial charge < -0.3 is 13.9 Å². The average Bonchev–Trinajstić information content (AvgIpc) is 3.19. The summed E-state index contributed by atoms with van der Waals surface area (Å²) < 4.78 is 45.2. The van der Waals surface area contributed by atoms with Crippen molar-refractivity contribution in [3.8, 4) is 0 Å². The molecule has 0 aliphatic heterocycles. The summed E-state index contributed by atoms with van der Waals surface area (Å²) in [6, 6.07) is 1.77. The van der Waals surface area contributed by atoms with Gasteiger partial charge in [0.2, 0.25) is 0 Å². The zero-order valence-electron chi connectivity index (χ0n) is 12.1. The van der Waals surface area contributed by atoms with Gasteiger partial charge in [0.25, 0.3) is 0 Å². The first-order chi connectivity index (χ1) is 10.9. The van der Waals surface area contributed by atoms with Crippen LogP contribution < -0.4 is 4.90 Å². The Morgan fingerprint density at radius 2 is 2.17 bits per heavy atom. The molecule has 0 aliphatic rings. The van der Waals surface area contributed by atoms with Crippen molar-refractivity contribution in [3.63, 3.8) is 0 Å². The molecule has 0 atom stereocenters. The SMILES string of the molecule is Cn1cncc1CN(Cc1ccoc1)c1nc(C(F)(F)F)cs1. The first-order valence-electron chi connectivity index (χ1n) is 6.67. The van der Waals surface area contributed by atoms with Crippen molar-refractivity contribution in [3.05, 3.63) is 53.4 Å². The Kier molecular flexibility index (Phi) is 4.12. The topological polar surface area (TPSA) is 47.1 Å². The van der Waals surface area contributed by atoms with E-state index in [4.69, 9.17) is 4.42 Å². The van der Waals surface area contributed by atoms with E-state index in [9.17, 15) is 13.2 Å². The van der Waals surface area contributed by atoms with Crippen LogP contribution in [0.5, 0.6) is 0 Å². The van der Waals surface area contributed by atoms with E-state index < -0.39 is 11.9 Å². The first kappa shape index (κ1) is 15.6. The van der Waals surface area contributed by atoms with E-state index in [0.717, 1.165) is 28.0 Å². The molecule has 122 valence electrons. The lowest BCUT2D eigenvalue weighted by atomic mass is 10.3. The van der Waals surface area contributed by atoms with Crippen molar-refractivity contribution >= 4 is 16.5 Å². The molecule has 0 spiro atoms. The molecule has 0 N–H and O–H groups in total. The second kappa shape index (κ2) is 6.07. The lowest BCUT2D eigenvalue weighted by molar-refractivity contribution is -0.140. The molecule has 0 aromatic carbocycles. The van der Waals surface area contributed by atoms with Crippen LogP contribution in [0.3, 0.4) is 0 Å². The van der Waals surface area contributed by atoms with Gasteiger partial charge in [0, 0.05) is 30.7 Å². The molecule has 0 bridgehead atoms. The first-order valence-corrected chi connectivity index (χ1v) is 7.55. The van der Waals surface area contributed by atoms with Gasteiger partial charge in [-0.3, -0.25) is 0 Å². The van der Waals surface area contributed by atoms with Crippen LogP contribution in [-0.4, -0.2) is 14.5 Å². The van der Waals surface area contributed by atoms with E-state index in [1.807, 2.05) is 11.6 Å². The molecule has 0 aliphatic carbocycles. The summed E-state index contributed by atoms with van der Waals surface area (Å²) in [5, 5.41) is 1.33. The molecule has 0 saturated heterocycles. The van der Waals surface area contributed by atoms with E-state index in [-0.39, 0.29) is 0 Å². The third kappa shape index (κ3) is 3.55. The normalized spacial score (nSPS) is 11.8. The summed E-state index contributed by atoms with van der Waals surface area (Å²) in [5.41, 5.74) is 0.855. The van der Waals surface area contributed by atoms with Crippen LogP contribution in [-0.2, 0) is 26.3 Å². The highest BCUT2D eigenvalue weighted by Gasteiger charge is 2.34. The highest BCUT2D eigenvalue weighted by Crippen LogP contribution is 2.33. The highest BCUT2D eigenvalue weighted by atomic mass is 32.1. The van der Waals surface area contributed by atoms with Crippen LogP contribution in [0.1, 0.15) is 17.0 Å². The Bertz CT molecular complexity index is 763. The highest BCUT2D eigenvalue weighted by molar-refractivity contribution is 7.13. The number of thiazole rings is 1. The van der Waals surface area contributed by atoms with Crippen LogP contribution in [0.25, 0.3) is 0 Å². The van der Waals surface area contributed by atoms with Crippen molar-refractivity contribution in [1.82, 2.24) is 14.5 Å². The molecule has 3 heterocycles. The number of furan rings is 1. The summed E-state index contributed by atoms with van der Waals surface area (Å²) in [6.45, 7) is 0.791. The maximum Gasteiger partial charge on any atom is 0.434 e. The number of nitrogens with zero attached hydrogens (tertiary/aromatic N) is 4. The van der Waals surface area contributed by atoms with Gasteiger partial charge in [-0.05, 0) is 6.07 Å². The van der Waals surface area contributed by atoms with Gasteiger partial charge in [-0.2, -0.15) is 13.2 Å². The Labute approximate surface area is 134 Å². The Balaban J connectivity index is 1.88. The standard InChI is InChI=1S/C14H13F3N4OS/c1-20-9-18-4-11(20)6-21(5-10-2-3-22-7-10)13-19-12(8-23-13)14(15,16)17/h2-4,7-9H,5-6H2,1H3. The molecule has 0 saturated carbocycles. The molecule has 5 nitrogen and oxygen atoms in total. The quantitative estimate of drug-likeness (QED) is 0.709. The third-order valence-electron chi connectivity index (χ3n) is 3.28. The maximum atomic E-state index is 12.8. The number of rotatable bonds is 5. The lowest BCUT2D eigenvalue weighted by Gasteiger charge is -2.21. The van der Waals surface area contributed by atoms with E-state index in [0.29, 0.717) is 18.2 Å². The van der Waals surface area contributed by atoms with Gasteiger partial charge in [-0.15, -0.1) is 11.3 Å². The maximum absolute atomic E-state index is 12.8. The third-order valence-corrected chi connectivity index (χ3v) is 4.18. The van der Waals surface area contributed by atoms with Gasteiger partial charge in [-0.1, -0.05) is 0 Å². The van der Waals surface area contributed by atoms with Crippen molar-refractivity contribution < 1.29 is 17.6 Å². The van der Waals surface area contributed by atoms with Crippen LogP contribution >= 0.6 is 11.3 Å². The van der Waals surface area contributed by atoms with Crippen molar-refractivity contribution in [2.24, 2.45) is 7.05 Å². The zero-order chi connectivity index (χ0) is 16.4. The second-order valence-electron chi connectivity index (χ2n) is 5.00. The number of anilines is 1. The van der Waals surface area contributed by atoms with Gasteiger partial charge in [0.05, 0.1) is 31.1 Å². The van der Waals surface area contributed by atoms with E-state index >= 15 is 0 Å². The fraction of sp³-hybridized carbons (Fsp3) is 0.286. The van der Waals surface area contributed by atoms with E-state index in [1.54, 1.807) is 29.8 Å². The summed E-state index contributed by atoms with van der Waals surface area (Å²) in [5.74, 6) is 0. The molecule has 0 unspecified atom stereocenters. The monoisotopic (exact) mass is 342 g/mol. The fourth-order valence-corrected chi connectivity index (χ4v) is 2.90. The Morgan fingerprint density at radius 3 is 2.74 bits per heavy atom. The number of aryl methyl sites for hydroxylation is 1. The minimum atomic E-state index is -4.44. The summed E-state index contributed by atoms with van der Waals surface area (Å²) in [6.07, 6.45) is 1.98. The Morgan fingerprint density at radius 1 is 1.35 bits per heavy atom. The van der Waals surface area contributed by atoms with Crippen molar-refractivity contribution in [1.29, 1.82) is 0 Å². The van der Waals surface area contributed by atoms with Gasteiger partial charge in [-0.25, -0.2) is 9.97 Å². The molecule has 3 aromatic rings. The Hall–Kier alpha value is -2.29. The largest absolute Gasteiger partial charge is 0.472 e. The zero-order valence-corrected chi connectivity index (χ0v) is 12.9. The number of alkyl halides is 3. The van der Waals surface area contributed by atoms with Crippen LogP contribution in [0.2, 0.25) is 0 Å². The van der Waals surface area contributed by atoms with Crippen molar-refractivity contribution in [2.75, 3.05) is 4.90 Å². The molecular formula is C14H13F3N4OS. The number of hydrogen-bond donors (Lipinski definition) is 0. The molecule has 0 radical (unpaired) electrons. The predicted octanol–water partition coefficient (Wildman–Crippen LogP) is 3.70. The van der Waals surface area contributed by atoms with Crippen molar-refractivity contribution in [2.45, 2.75) is 19.3 Å². The summed E-state index contributed by atoms with van der Waals surface area (Å²) >= 11 is 0.969. The molecule has 23 heavy (non-hydrogen) atoms. The summed E-state index contributed by atoms with van der Waals surface area (Å²) in [4.78, 5) is 9.53. The molecule has 3 aromatic heterocycles. The van der Waals surface area contributed by atoms with Gasteiger partial charge >= 0.3 is 6.18 Å². The number of halogens is 3. The molecule has 3 rings (SSSR count). The van der Waals surface area contributed by atoms with Crippen LogP contribution in [0.15, 0.2) is 40.9 Å². The molecular weight excluding hydrogens is 329 g/mol. The second-order valence-corrected chi connectivity index (χ2v) is 5.83. The molecule has 0 amide bonds. The van der Waals surface area contributed by atoms with Gasteiger partial charge in [0.1, 0.15) is 0 Å². The summed E-state index contributed by atoms with van der Waals surface area (Å²) in [7, 11) is 1.83. The number of imidazole rings is 1. The van der Waals surface area contributed by atoms with Crippen LogP contribution in [0.4, 0.5) is 18.3 Å². The van der Waals surface area contributed by atoms with Gasteiger partial charge in [0.15, 0.2) is 10.8 Å². The number of hydrogen-bond acceptors (Lipinski definition) is 5. The average molecular weight is 342 g/mol. The number of aromatic nitrogens is 3. The van der Waals surface area contributed by atoms with E-state index in [2.05, 4.69) is 9.97 Å². The predicted molar refractivity (Wildman–Crippen MR) is 78.9 cm³/mol. The fourth-order valence-electron chi connectivity index (χ4n) is 2.07. The lowest BCUT2D eigenvalue weighted by Crippen LogP contribution is -2.23. The molecule has 9 heteroatoms. The minimum Gasteiger partial charge on any atom is -0.472 e. The molecule has 0 fully saturated rings.